The number of aromatic nitrogens is 2. The fourth-order valence-electron chi connectivity index (χ4n) is 1.59. The lowest BCUT2D eigenvalue weighted by molar-refractivity contribution is 0.307. The number of ether oxygens (including phenoxy) is 1. The van der Waals surface area contributed by atoms with Crippen LogP contribution in [0.5, 0.6) is 5.88 Å². The zero-order valence-corrected chi connectivity index (χ0v) is 10.4. The highest BCUT2D eigenvalue weighted by Crippen LogP contribution is 2.14. The van der Waals surface area contributed by atoms with Crippen molar-refractivity contribution in [3.05, 3.63) is 54.0 Å². The van der Waals surface area contributed by atoms with Crippen molar-refractivity contribution in [2.24, 2.45) is 5.73 Å². The quantitative estimate of drug-likeness (QED) is 0.873. The van der Waals surface area contributed by atoms with E-state index in [1.807, 2.05) is 37.3 Å². The topological polar surface area (TPSA) is 61.0 Å². The molecule has 2 aromatic rings. The molecule has 0 radical (unpaired) electrons. The van der Waals surface area contributed by atoms with Crippen molar-refractivity contribution >= 4 is 0 Å². The molecular weight excluding hydrogens is 226 g/mol. The van der Waals surface area contributed by atoms with Crippen LogP contribution in [-0.2, 0) is 6.42 Å². The Bertz CT molecular complexity index is 485. The van der Waals surface area contributed by atoms with Crippen LogP contribution >= 0.6 is 0 Å². The molecule has 94 valence electrons. The van der Waals surface area contributed by atoms with Crippen molar-refractivity contribution in [1.29, 1.82) is 0 Å². The molecule has 0 saturated heterocycles. The maximum atomic E-state index is 5.81. The van der Waals surface area contributed by atoms with Crippen molar-refractivity contribution in [3.8, 4) is 5.88 Å². The van der Waals surface area contributed by atoms with Crippen LogP contribution < -0.4 is 10.5 Å². The van der Waals surface area contributed by atoms with Crippen LogP contribution in [-0.4, -0.2) is 16.6 Å². The summed E-state index contributed by atoms with van der Waals surface area (Å²) in [7, 11) is 0. The van der Waals surface area contributed by atoms with Crippen LogP contribution in [0.15, 0.2) is 42.7 Å². The molecule has 0 aliphatic carbocycles. The third-order valence-electron chi connectivity index (χ3n) is 2.62. The molecule has 2 rings (SSSR count). The van der Waals surface area contributed by atoms with Crippen LogP contribution in [0.3, 0.4) is 0 Å². The number of nitrogens with two attached hydrogens (primary N) is 1. The summed E-state index contributed by atoms with van der Waals surface area (Å²) in [6, 6.07) is 9.62. The molecule has 0 bridgehead atoms. The van der Waals surface area contributed by atoms with Gasteiger partial charge in [0.2, 0.25) is 5.88 Å². The van der Waals surface area contributed by atoms with Gasteiger partial charge in [-0.25, -0.2) is 4.98 Å². The van der Waals surface area contributed by atoms with Crippen LogP contribution in [0, 0.1) is 0 Å². The van der Waals surface area contributed by atoms with Gasteiger partial charge in [0.25, 0.3) is 0 Å². The van der Waals surface area contributed by atoms with Crippen molar-refractivity contribution < 1.29 is 4.74 Å². The van der Waals surface area contributed by atoms with E-state index in [1.165, 1.54) is 0 Å². The molecule has 4 nitrogen and oxygen atoms in total. The minimum atomic E-state index is -0.00820. The minimum absolute atomic E-state index is 0.00820. The van der Waals surface area contributed by atoms with E-state index >= 15 is 0 Å². The second-order valence-corrected chi connectivity index (χ2v) is 4.14. The van der Waals surface area contributed by atoms with Gasteiger partial charge >= 0.3 is 0 Å². The molecule has 0 amide bonds. The fraction of sp³-hybridized carbons (Fsp3) is 0.286. The zero-order valence-electron chi connectivity index (χ0n) is 10.4. The number of rotatable bonds is 5. The van der Waals surface area contributed by atoms with Gasteiger partial charge in [0.15, 0.2) is 0 Å². The summed E-state index contributed by atoms with van der Waals surface area (Å²) in [6.45, 7) is 2.50. The molecule has 2 aromatic heterocycles. The van der Waals surface area contributed by atoms with Gasteiger partial charge < -0.3 is 10.5 Å². The van der Waals surface area contributed by atoms with Gasteiger partial charge in [-0.15, -0.1) is 0 Å². The Morgan fingerprint density at radius 1 is 1.22 bits per heavy atom. The van der Waals surface area contributed by atoms with E-state index in [1.54, 1.807) is 12.4 Å². The van der Waals surface area contributed by atoms with Crippen molar-refractivity contribution in [2.75, 3.05) is 6.61 Å². The van der Waals surface area contributed by atoms with E-state index in [2.05, 4.69) is 9.97 Å². The third kappa shape index (κ3) is 3.53. The van der Waals surface area contributed by atoms with Crippen molar-refractivity contribution in [2.45, 2.75) is 19.4 Å². The first-order chi connectivity index (χ1) is 8.75. The summed E-state index contributed by atoms with van der Waals surface area (Å²) in [6.07, 6.45) is 4.27. The van der Waals surface area contributed by atoms with Crippen LogP contribution in [0.1, 0.15) is 24.2 Å². The van der Waals surface area contributed by atoms with Gasteiger partial charge in [-0.2, -0.15) is 0 Å². The van der Waals surface area contributed by atoms with Gasteiger partial charge in [-0.05, 0) is 30.7 Å². The molecular formula is C14H17N3O. The first-order valence-corrected chi connectivity index (χ1v) is 6.00. The summed E-state index contributed by atoms with van der Waals surface area (Å²) in [5.74, 6) is 0.612. The SMILES string of the molecule is CC(N)c1ccnc(OCCc2ccccn2)c1. The Kier molecular flexibility index (Phi) is 4.25. The van der Waals surface area contributed by atoms with Crippen molar-refractivity contribution in [3.63, 3.8) is 0 Å². The Hall–Kier alpha value is -1.94. The molecule has 0 aliphatic rings. The maximum absolute atomic E-state index is 5.81. The van der Waals surface area contributed by atoms with Gasteiger partial charge in [-0.3, -0.25) is 4.98 Å². The summed E-state index contributed by atoms with van der Waals surface area (Å²) in [5.41, 5.74) is 7.85. The first kappa shape index (κ1) is 12.5. The molecule has 0 spiro atoms. The smallest absolute Gasteiger partial charge is 0.213 e. The minimum Gasteiger partial charge on any atom is -0.477 e. The molecule has 0 aliphatic heterocycles. The standard InChI is InChI=1S/C14H17N3O/c1-11(15)12-5-8-17-14(10-12)18-9-6-13-4-2-3-7-16-13/h2-5,7-8,10-11H,6,9,15H2,1H3. The lowest BCUT2D eigenvalue weighted by atomic mass is 10.1. The van der Waals surface area contributed by atoms with E-state index in [4.69, 9.17) is 10.5 Å². The summed E-state index contributed by atoms with van der Waals surface area (Å²) < 4.78 is 5.59. The molecule has 0 aromatic carbocycles. The Labute approximate surface area is 107 Å². The largest absolute Gasteiger partial charge is 0.477 e. The van der Waals surface area contributed by atoms with Crippen LogP contribution in [0.2, 0.25) is 0 Å². The lowest BCUT2D eigenvalue weighted by Gasteiger charge is -2.08. The van der Waals surface area contributed by atoms with Gasteiger partial charge in [-0.1, -0.05) is 6.07 Å². The van der Waals surface area contributed by atoms with E-state index in [-0.39, 0.29) is 6.04 Å². The normalized spacial score (nSPS) is 12.1. The number of pyridine rings is 2. The molecule has 2 heterocycles. The average molecular weight is 243 g/mol. The molecule has 2 N–H and O–H groups in total. The predicted molar refractivity (Wildman–Crippen MR) is 70.3 cm³/mol. The van der Waals surface area contributed by atoms with E-state index < -0.39 is 0 Å². The van der Waals surface area contributed by atoms with Gasteiger partial charge in [0, 0.05) is 36.6 Å². The molecule has 1 unspecified atom stereocenters. The second kappa shape index (κ2) is 6.12. The molecule has 0 saturated carbocycles. The highest BCUT2D eigenvalue weighted by Gasteiger charge is 2.02. The highest BCUT2D eigenvalue weighted by molar-refractivity contribution is 5.22. The van der Waals surface area contributed by atoms with Gasteiger partial charge in [0.05, 0.1) is 6.61 Å². The van der Waals surface area contributed by atoms with Crippen LogP contribution in [0.4, 0.5) is 0 Å². The Morgan fingerprint density at radius 3 is 2.83 bits per heavy atom. The summed E-state index contributed by atoms with van der Waals surface area (Å²) >= 11 is 0. The van der Waals surface area contributed by atoms with Crippen molar-refractivity contribution in [1.82, 2.24) is 9.97 Å². The van der Waals surface area contributed by atoms with Crippen LogP contribution in [0.25, 0.3) is 0 Å². The summed E-state index contributed by atoms with van der Waals surface area (Å²) in [4.78, 5) is 8.39. The Balaban J connectivity index is 1.89. The van der Waals surface area contributed by atoms with E-state index in [0.29, 0.717) is 12.5 Å². The number of hydrogen-bond donors (Lipinski definition) is 1. The maximum Gasteiger partial charge on any atom is 0.213 e. The van der Waals surface area contributed by atoms with E-state index in [0.717, 1.165) is 17.7 Å². The first-order valence-electron chi connectivity index (χ1n) is 6.00. The predicted octanol–water partition coefficient (Wildman–Crippen LogP) is 2.12. The second-order valence-electron chi connectivity index (χ2n) is 4.14. The molecule has 0 fully saturated rings. The lowest BCUT2D eigenvalue weighted by Crippen LogP contribution is -2.07. The van der Waals surface area contributed by atoms with Gasteiger partial charge in [0.1, 0.15) is 0 Å². The number of hydrogen-bond acceptors (Lipinski definition) is 4. The molecule has 1 atom stereocenters. The number of nitrogens with zero attached hydrogens (tertiary/aromatic N) is 2. The monoisotopic (exact) mass is 243 g/mol. The average Bonchev–Trinajstić information content (AvgIpc) is 2.40. The molecule has 18 heavy (non-hydrogen) atoms. The third-order valence-corrected chi connectivity index (χ3v) is 2.62. The Morgan fingerprint density at radius 2 is 2.11 bits per heavy atom. The van der Waals surface area contributed by atoms with E-state index in [9.17, 15) is 0 Å². The zero-order chi connectivity index (χ0) is 12.8. The summed E-state index contributed by atoms with van der Waals surface area (Å²) in [5, 5.41) is 0. The fourth-order valence-corrected chi connectivity index (χ4v) is 1.59. The molecule has 4 heteroatoms. The highest BCUT2D eigenvalue weighted by atomic mass is 16.5.